The molecule has 0 aliphatic rings. The van der Waals surface area contributed by atoms with Gasteiger partial charge in [0.2, 0.25) is 0 Å². The van der Waals surface area contributed by atoms with Crippen LogP contribution in [0.1, 0.15) is 46.8 Å². The summed E-state index contributed by atoms with van der Waals surface area (Å²) in [4.78, 5) is 14.3. The lowest BCUT2D eigenvalue weighted by molar-refractivity contribution is 0.0697. The largest absolute Gasteiger partial charge is 0.478 e. The van der Waals surface area contributed by atoms with Crippen LogP contribution in [0.5, 0.6) is 0 Å². The predicted octanol–water partition coefficient (Wildman–Crippen LogP) is 5.61. The van der Waals surface area contributed by atoms with Gasteiger partial charge in [-0.05, 0) is 55.7 Å². The number of anilines is 2. The van der Waals surface area contributed by atoms with Crippen LogP contribution < -0.4 is 9.62 Å². The van der Waals surface area contributed by atoms with Crippen LogP contribution in [0, 0.1) is 13.8 Å². The van der Waals surface area contributed by atoms with E-state index in [4.69, 9.17) is 0 Å². The van der Waals surface area contributed by atoms with Gasteiger partial charge >= 0.3 is 5.97 Å². The van der Waals surface area contributed by atoms with Crippen molar-refractivity contribution in [3.05, 3.63) is 89.0 Å². The van der Waals surface area contributed by atoms with Gasteiger partial charge in [0, 0.05) is 18.8 Å². The van der Waals surface area contributed by atoms with Crippen LogP contribution >= 0.6 is 0 Å². The lowest BCUT2D eigenvalue weighted by Crippen LogP contribution is -2.26. The zero-order valence-corrected chi connectivity index (χ0v) is 20.0. The van der Waals surface area contributed by atoms with Crippen molar-refractivity contribution < 1.29 is 18.3 Å². The normalized spacial score (nSPS) is 11.2. The molecular formula is C26H30N2O4S. The summed E-state index contributed by atoms with van der Waals surface area (Å²) < 4.78 is 28.4. The molecule has 3 rings (SSSR count). The molecule has 0 heterocycles. The van der Waals surface area contributed by atoms with Crippen LogP contribution in [0.2, 0.25) is 0 Å². The quantitative estimate of drug-likeness (QED) is 0.406. The lowest BCUT2D eigenvalue weighted by atomic mass is 10.1. The van der Waals surface area contributed by atoms with Gasteiger partial charge in [-0.25, -0.2) is 13.2 Å². The van der Waals surface area contributed by atoms with Crippen molar-refractivity contribution in [3.63, 3.8) is 0 Å². The number of benzene rings is 3. The highest BCUT2D eigenvalue weighted by atomic mass is 32.2. The van der Waals surface area contributed by atoms with E-state index in [1.165, 1.54) is 6.07 Å². The first-order valence-corrected chi connectivity index (χ1v) is 12.5. The van der Waals surface area contributed by atoms with Crippen LogP contribution in [-0.2, 0) is 16.6 Å². The number of carboxylic acids is 1. The van der Waals surface area contributed by atoms with Gasteiger partial charge in [0.25, 0.3) is 10.0 Å². The number of hydrogen-bond donors (Lipinski definition) is 2. The maximum atomic E-state index is 12.9. The fourth-order valence-corrected chi connectivity index (χ4v) is 5.07. The third-order valence-electron chi connectivity index (χ3n) is 5.44. The van der Waals surface area contributed by atoms with E-state index < -0.39 is 16.0 Å². The minimum absolute atomic E-state index is 0.0582. The number of carboxylic acid groups (broad SMARTS) is 1. The molecule has 2 N–H and O–H groups in total. The molecule has 7 heteroatoms. The Balaban J connectivity index is 1.95. The molecule has 0 unspecified atom stereocenters. The molecule has 6 nitrogen and oxygen atoms in total. The first-order valence-electron chi connectivity index (χ1n) is 11.0. The zero-order valence-electron chi connectivity index (χ0n) is 19.2. The van der Waals surface area contributed by atoms with E-state index in [0.29, 0.717) is 24.3 Å². The fraction of sp³-hybridized carbons (Fsp3) is 0.269. The molecule has 0 spiro atoms. The van der Waals surface area contributed by atoms with Crippen LogP contribution in [0.4, 0.5) is 11.4 Å². The van der Waals surface area contributed by atoms with E-state index in [9.17, 15) is 18.3 Å². The van der Waals surface area contributed by atoms with Crippen molar-refractivity contribution in [2.45, 2.75) is 45.1 Å². The summed E-state index contributed by atoms with van der Waals surface area (Å²) in [6.45, 7) is 6.98. The molecule has 3 aromatic carbocycles. The molecule has 0 saturated heterocycles. The van der Waals surface area contributed by atoms with Gasteiger partial charge in [-0.1, -0.05) is 61.4 Å². The van der Waals surface area contributed by atoms with Gasteiger partial charge in [-0.2, -0.15) is 0 Å². The van der Waals surface area contributed by atoms with Crippen molar-refractivity contribution in [1.82, 2.24) is 0 Å². The maximum absolute atomic E-state index is 12.9. The second-order valence-corrected chi connectivity index (χ2v) is 9.82. The summed E-state index contributed by atoms with van der Waals surface area (Å²) in [5.74, 6) is -1.10. The second-order valence-electron chi connectivity index (χ2n) is 8.17. The molecule has 3 aromatic rings. The Labute approximate surface area is 195 Å². The minimum atomic E-state index is -3.86. The van der Waals surface area contributed by atoms with E-state index in [2.05, 4.69) is 11.6 Å². The van der Waals surface area contributed by atoms with Gasteiger partial charge in [-0.15, -0.1) is 0 Å². The summed E-state index contributed by atoms with van der Waals surface area (Å²) in [5, 5.41) is 9.92. The highest BCUT2D eigenvalue weighted by molar-refractivity contribution is 7.92. The first-order chi connectivity index (χ1) is 15.7. The van der Waals surface area contributed by atoms with Gasteiger partial charge in [0.15, 0.2) is 0 Å². The molecule has 0 atom stereocenters. The molecule has 0 amide bonds. The summed E-state index contributed by atoms with van der Waals surface area (Å²) >= 11 is 0. The van der Waals surface area contributed by atoms with Crippen molar-refractivity contribution in [2.24, 2.45) is 0 Å². The summed E-state index contributed by atoms with van der Waals surface area (Å²) in [6.07, 6.45) is 1.88. The second kappa shape index (κ2) is 10.5. The first kappa shape index (κ1) is 24.3. The number of sulfonamides is 1. The molecule has 0 fully saturated rings. The standard InChI is InChI=1S/C26H30N2O4S/c1-4-5-15-28(18-21-9-7-6-8-10-21)24-13-12-22(17-23(24)26(29)30)27-33(31,32)25-14-11-19(2)16-20(25)3/h6-14,16-17,27H,4-5,15,18H2,1-3H3,(H,29,30). The van der Waals surface area contributed by atoms with Gasteiger partial charge in [0.1, 0.15) is 0 Å². The molecule has 0 saturated carbocycles. The van der Waals surface area contributed by atoms with Crippen LogP contribution in [0.3, 0.4) is 0 Å². The van der Waals surface area contributed by atoms with Crippen molar-refractivity contribution in [1.29, 1.82) is 0 Å². The Morgan fingerprint density at radius 2 is 1.73 bits per heavy atom. The molecule has 0 aromatic heterocycles. The Bertz CT molecular complexity index is 1220. The van der Waals surface area contributed by atoms with Crippen molar-refractivity contribution >= 4 is 27.4 Å². The number of aryl methyl sites for hydroxylation is 2. The predicted molar refractivity (Wildman–Crippen MR) is 133 cm³/mol. The molecule has 0 radical (unpaired) electrons. The number of nitrogens with one attached hydrogen (secondary N) is 1. The molecule has 0 aliphatic carbocycles. The topological polar surface area (TPSA) is 86.7 Å². The highest BCUT2D eigenvalue weighted by Gasteiger charge is 2.21. The van der Waals surface area contributed by atoms with E-state index >= 15 is 0 Å². The maximum Gasteiger partial charge on any atom is 0.337 e. The SMILES string of the molecule is CCCCN(Cc1ccccc1)c1ccc(NS(=O)(=O)c2ccc(C)cc2C)cc1C(=O)O. The van der Waals surface area contributed by atoms with Crippen LogP contribution in [-0.4, -0.2) is 26.0 Å². The number of unbranched alkanes of at least 4 members (excludes halogenated alkanes) is 1. The minimum Gasteiger partial charge on any atom is -0.478 e. The Kier molecular flexibility index (Phi) is 7.76. The highest BCUT2D eigenvalue weighted by Crippen LogP contribution is 2.28. The molecule has 0 bridgehead atoms. The van der Waals surface area contributed by atoms with Crippen molar-refractivity contribution in [2.75, 3.05) is 16.2 Å². The number of hydrogen-bond acceptors (Lipinski definition) is 4. The number of nitrogens with zero attached hydrogens (tertiary/aromatic N) is 1. The van der Waals surface area contributed by atoms with Gasteiger partial charge in [0.05, 0.1) is 16.1 Å². The van der Waals surface area contributed by atoms with E-state index in [1.54, 1.807) is 37.3 Å². The Morgan fingerprint density at radius 3 is 2.36 bits per heavy atom. The van der Waals surface area contributed by atoms with Crippen LogP contribution in [0.25, 0.3) is 0 Å². The van der Waals surface area contributed by atoms with Gasteiger partial charge < -0.3 is 10.0 Å². The molecular weight excluding hydrogens is 436 g/mol. The Morgan fingerprint density at radius 1 is 1.00 bits per heavy atom. The molecule has 0 aliphatic heterocycles. The third kappa shape index (κ3) is 6.14. The fourth-order valence-electron chi connectivity index (χ4n) is 3.80. The zero-order chi connectivity index (χ0) is 24.0. The average Bonchev–Trinajstić information content (AvgIpc) is 2.76. The van der Waals surface area contributed by atoms with Crippen molar-refractivity contribution in [3.8, 4) is 0 Å². The summed E-state index contributed by atoms with van der Waals surface area (Å²) in [5.41, 5.74) is 3.51. The summed E-state index contributed by atoms with van der Waals surface area (Å²) in [7, 11) is -3.86. The molecule has 33 heavy (non-hydrogen) atoms. The van der Waals surface area contributed by atoms with E-state index in [-0.39, 0.29) is 16.1 Å². The smallest absolute Gasteiger partial charge is 0.337 e. The number of rotatable bonds is 10. The van der Waals surface area contributed by atoms with Crippen LogP contribution in [0.15, 0.2) is 71.6 Å². The van der Waals surface area contributed by atoms with Gasteiger partial charge in [-0.3, -0.25) is 4.72 Å². The summed E-state index contributed by atoms with van der Waals surface area (Å²) in [6, 6.07) is 19.7. The lowest BCUT2D eigenvalue weighted by Gasteiger charge is -2.27. The Hall–Kier alpha value is -3.32. The molecule has 174 valence electrons. The number of carbonyl (C=O) groups is 1. The van der Waals surface area contributed by atoms with E-state index in [1.807, 2.05) is 42.2 Å². The average molecular weight is 467 g/mol. The monoisotopic (exact) mass is 466 g/mol. The van der Waals surface area contributed by atoms with E-state index in [0.717, 1.165) is 24.0 Å². The number of aromatic carboxylic acids is 1. The third-order valence-corrected chi connectivity index (χ3v) is 6.98.